The molecule has 0 spiro atoms. The molecule has 0 aromatic carbocycles. The maximum atomic E-state index is 11.8. The van der Waals surface area contributed by atoms with Gasteiger partial charge in [-0.15, -0.1) is 0 Å². The van der Waals surface area contributed by atoms with E-state index in [1.54, 1.807) is 0 Å². The Morgan fingerprint density at radius 2 is 2.24 bits per heavy atom. The smallest absolute Gasteiger partial charge is 0.224 e. The third-order valence-corrected chi connectivity index (χ3v) is 5.09. The first-order valence-corrected chi connectivity index (χ1v) is 7.99. The van der Waals surface area contributed by atoms with Crippen molar-refractivity contribution in [1.29, 1.82) is 0 Å². The first-order valence-electron chi connectivity index (χ1n) is 6.16. The number of sulfone groups is 1. The van der Waals surface area contributed by atoms with Crippen LogP contribution in [-0.2, 0) is 14.6 Å². The highest BCUT2D eigenvalue weighted by molar-refractivity contribution is 7.91. The van der Waals surface area contributed by atoms with Crippen LogP contribution in [0.4, 0.5) is 0 Å². The molecule has 0 aromatic heterocycles. The van der Waals surface area contributed by atoms with Crippen molar-refractivity contribution >= 4 is 15.7 Å². The minimum Gasteiger partial charge on any atom is -0.356 e. The Bertz CT molecular complexity index is 354. The van der Waals surface area contributed by atoms with E-state index in [2.05, 4.69) is 12.2 Å². The topological polar surface area (TPSA) is 89.3 Å². The number of hydrogen-bond donors (Lipinski definition) is 2. The van der Waals surface area contributed by atoms with Crippen LogP contribution in [0.1, 0.15) is 26.2 Å². The maximum Gasteiger partial charge on any atom is 0.224 e. The second kappa shape index (κ2) is 6.35. The number of nitrogens with one attached hydrogen (secondary N) is 1. The molecule has 1 amide bonds. The van der Waals surface area contributed by atoms with Crippen molar-refractivity contribution in [3.05, 3.63) is 0 Å². The first kappa shape index (κ1) is 14.4. The van der Waals surface area contributed by atoms with E-state index in [0.29, 0.717) is 25.4 Å². The minimum atomic E-state index is -2.98. The molecule has 100 valence electrons. The largest absolute Gasteiger partial charge is 0.356 e. The van der Waals surface area contributed by atoms with E-state index in [-0.39, 0.29) is 23.3 Å². The Hall–Kier alpha value is -0.620. The van der Waals surface area contributed by atoms with Gasteiger partial charge in [0, 0.05) is 6.54 Å². The van der Waals surface area contributed by atoms with Crippen molar-refractivity contribution in [2.24, 2.45) is 17.6 Å². The van der Waals surface area contributed by atoms with Gasteiger partial charge in [-0.2, -0.15) is 0 Å². The van der Waals surface area contributed by atoms with Crippen LogP contribution >= 0.6 is 0 Å². The van der Waals surface area contributed by atoms with Crippen molar-refractivity contribution in [2.45, 2.75) is 26.2 Å². The van der Waals surface area contributed by atoms with Gasteiger partial charge in [-0.3, -0.25) is 4.79 Å². The summed E-state index contributed by atoms with van der Waals surface area (Å²) in [7, 11) is -2.98. The summed E-state index contributed by atoms with van der Waals surface area (Å²) < 4.78 is 22.5. The second-order valence-electron chi connectivity index (χ2n) is 4.70. The molecule has 0 aromatic rings. The fraction of sp³-hybridized carbons (Fsp3) is 0.909. The van der Waals surface area contributed by atoms with Gasteiger partial charge in [0.1, 0.15) is 0 Å². The summed E-state index contributed by atoms with van der Waals surface area (Å²) in [5, 5.41) is 2.84. The maximum absolute atomic E-state index is 11.8. The van der Waals surface area contributed by atoms with Crippen molar-refractivity contribution in [3.8, 4) is 0 Å². The quantitative estimate of drug-likeness (QED) is 0.700. The number of nitrogens with two attached hydrogens (primary N) is 1. The molecule has 0 saturated carbocycles. The van der Waals surface area contributed by atoms with Gasteiger partial charge < -0.3 is 11.1 Å². The fourth-order valence-electron chi connectivity index (χ4n) is 2.08. The molecule has 0 radical (unpaired) electrons. The molecule has 0 bridgehead atoms. The minimum absolute atomic E-state index is 0.00646. The number of rotatable bonds is 6. The van der Waals surface area contributed by atoms with Gasteiger partial charge in [0.2, 0.25) is 5.91 Å². The zero-order valence-electron chi connectivity index (χ0n) is 10.3. The van der Waals surface area contributed by atoms with Gasteiger partial charge in [0.25, 0.3) is 0 Å². The molecule has 1 aliphatic heterocycles. The summed E-state index contributed by atoms with van der Waals surface area (Å²) in [6, 6.07) is 0. The molecule has 1 rings (SSSR count). The average molecular weight is 262 g/mol. The van der Waals surface area contributed by atoms with E-state index in [9.17, 15) is 13.2 Å². The SMILES string of the molecule is CCC(CCN)CNC(=O)C1CCS(=O)(=O)C1. The van der Waals surface area contributed by atoms with Crippen LogP contribution in [0.3, 0.4) is 0 Å². The standard InChI is InChI=1S/C11H22N2O3S/c1-2-9(3-5-12)7-13-11(14)10-4-6-17(15,16)8-10/h9-10H,2-8,12H2,1H3,(H,13,14). The molecule has 1 fully saturated rings. The van der Waals surface area contributed by atoms with E-state index < -0.39 is 9.84 Å². The Morgan fingerprint density at radius 3 is 2.71 bits per heavy atom. The van der Waals surface area contributed by atoms with E-state index >= 15 is 0 Å². The van der Waals surface area contributed by atoms with Crippen LogP contribution in [0, 0.1) is 11.8 Å². The van der Waals surface area contributed by atoms with Crippen LogP contribution in [-0.4, -0.2) is 38.9 Å². The number of carbonyl (C=O) groups excluding carboxylic acids is 1. The van der Waals surface area contributed by atoms with Crippen LogP contribution < -0.4 is 11.1 Å². The Morgan fingerprint density at radius 1 is 1.53 bits per heavy atom. The lowest BCUT2D eigenvalue weighted by Crippen LogP contribution is -2.35. The van der Waals surface area contributed by atoms with Gasteiger partial charge in [-0.05, 0) is 25.3 Å². The number of amides is 1. The molecular weight excluding hydrogens is 240 g/mol. The van der Waals surface area contributed by atoms with Gasteiger partial charge in [0.05, 0.1) is 17.4 Å². The summed E-state index contributed by atoms with van der Waals surface area (Å²) >= 11 is 0. The van der Waals surface area contributed by atoms with Gasteiger partial charge in [-0.1, -0.05) is 13.3 Å². The molecule has 5 nitrogen and oxygen atoms in total. The summed E-state index contributed by atoms with van der Waals surface area (Å²) in [6.07, 6.45) is 2.32. The summed E-state index contributed by atoms with van der Waals surface area (Å²) in [5.74, 6) is 0.0660. The summed E-state index contributed by atoms with van der Waals surface area (Å²) in [4.78, 5) is 11.8. The molecule has 1 heterocycles. The summed E-state index contributed by atoms with van der Waals surface area (Å²) in [5.41, 5.74) is 5.48. The van der Waals surface area contributed by atoms with Crippen LogP contribution in [0.15, 0.2) is 0 Å². The van der Waals surface area contributed by atoms with E-state index in [1.165, 1.54) is 0 Å². The molecule has 6 heteroatoms. The Labute approximate surface area is 103 Å². The van der Waals surface area contributed by atoms with E-state index in [4.69, 9.17) is 5.73 Å². The van der Waals surface area contributed by atoms with Crippen molar-refractivity contribution in [3.63, 3.8) is 0 Å². The highest BCUT2D eigenvalue weighted by Crippen LogP contribution is 2.18. The van der Waals surface area contributed by atoms with Crippen molar-refractivity contribution < 1.29 is 13.2 Å². The lowest BCUT2D eigenvalue weighted by molar-refractivity contribution is -0.124. The number of hydrogen-bond acceptors (Lipinski definition) is 4. The third-order valence-electron chi connectivity index (χ3n) is 3.32. The Kier molecular flexibility index (Phi) is 5.39. The third kappa shape index (κ3) is 4.63. The lowest BCUT2D eigenvalue weighted by Gasteiger charge is -2.16. The fourth-order valence-corrected chi connectivity index (χ4v) is 3.82. The van der Waals surface area contributed by atoms with Crippen molar-refractivity contribution in [1.82, 2.24) is 5.32 Å². The highest BCUT2D eigenvalue weighted by Gasteiger charge is 2.32. The molecule has 2 unspecified atom stereocenters. The van der Waals surface area contributed by atoms with Crippen LogP contribution in [0.25, 0.3) is 0 Å². The second-order valence-corrected chi connectivity index (χ2v) is 6.93. The van der Waals surface area contributed by atoms with Crippen LogP contribution in [0.2, 0.25) is 0 Å². The molecule has 0 aliphatic carbocycles. The van der Waals surface area contributed by atoms with E-state index in [0.717, 1.165) is 12.8 Å². The van der Waals surface area contributed by atoms with Crippen LogP contribution in [0.5, 0.6) is 0 Å². The lowest BCUT2D eigenvalue weighted by atomic mass is 10.0. The zero-order valence-corrected chi connectivity index (χ0v) is 11.1. The predicted molar refractivity (Wildman–Crippen MR) is 67.2 cm³/mol. The first-order chi connectivity index (χ1) is 7.98. The molecule has 3 N–H and O–H groups in total. The van der Waals surface area contributed by atoms with Gasteiger partial charge in [-0.25, -0.2) is 8.42 Å². The average Bonchev–Trinajstić information content (AvgIpc) is 2.64. The molecule has 1 aliphatic rings. The molecular formula is C11H22N2O3S. The highest BCUT2D eigenvalue weighted by atomic mass is 32.2. The normalized spacial score (nSPS) is 24.5. The molecule has 1 saturated heterocycles. The predicted octanol–water partition coefficient (Wildman–Crippen LogP) is -0.0877. The van der Waals surface area contributed by atoms with Crippen molar-refractivity contribution in [2.75, 3.05) is 24.6 Å². The molecule has 17 heavy (non-hydrogen) atoms. The van der Waals surface area contributed by atoms with Gasteiger partial charge >= 0.3 is 0 Å². The Balaban J connectivity index is 2.35. The number of carbonyl (C=O) groups is 1. The van der Waals surface area contributed by atoms with Gasteiger partial charge in [0.15, 0.2) is 9.84 Å². The summed E-state index contributed by atoms with van der Waals surface area (Å²) in [6.45, 7) is 3.28. The zero-order chi connectivity index (χ0) is 12.9. The molecule has 2 atom stereocenters. The monoisotopic (exact) mass is 262 g/mol. The van der Waals surface area contributed by atoms with E-state index in [1.807, 2.05) is 0 Å².